The van der Waals surface area contributed by atoms with E-state index >= 15 is 0 Å². The van der Waals surface area contributed by atoms with E-state index in [2.05, 4.69) is 20.5 Å². The number of aromatic nitrogens is 2. The third-order valence-electron chi connectivity index (χ3n) is 5.16. The lowest BCUT2D eigenvalue weighted by atomic mass is 9.93. The van der Waals surface area contributed by atoms with Gasteiger partial charge in [0, 0.05) is 16.9 Å². The molecule has 1 heterocycles. The lowest BCUT2D eigenvalue weighted by molar-refractivity contribution is -0.274. The third kappa shape index (κ3) is 5.34. The molecule has 32 heavy (non-hydrogen) atoms. The Balaban J connectivity index is 1.41. The Kier molecular flexibility index (Phi) is 6.27. The molecule has 0 saturated heterocycles. The molecule has 1 atom stereocenters. The minimum absolute atomic E-state index is 0.216. The van der Waals surface area contributed by atoms with Crippen LogP contribution in [0.3, 0.4) is 0 Å². The fourth-order valence-corrected chi connectivity index (χ4v) is 3.99. The lowest BCUT2D eigenvalue weighted by Gasteiger charge is -2.24. The summed E-state index contributed by atoms with van der Waals surface area (Å²) < 4.78 is 42.9. The van der Waals surface area contributed by atoms with Crippen molar-refractivity contribution in [2.24, 2.45) is 0 Å². The first-order chi connectivity index (χ1) is 15.3. The molecular formula is C22H20ClF3N4O2. The average Bonchev–Trinajstić information content (AvgIpc) is 3.14. The Labute approximate surface area is 187 Å². The number of amides is 2. The van der Waals surface area contributed by atoms with Crippen molar-refractivity contribution in [2.75, 3.05) is 5.32 Å². The standard InChI is InChI=1S/C22H20ClF3N4O2/c23-17-11-15(9-10-20(17)32-22(24,25)26)28-21(31)29-18-7-4-8-19-16(18)12-27-30(19)13-14-5-2-1-3-6-14/h1-3,5-6,9-12,18H,4,7-8,13H2,(H2,28,29,31). The number of rotatable bonds is 5. The van der Waals surface area contributed by atoms with Gasteiger partial charge in [-0.3, -0.25) is 4.68 Å². The molecule has 0 spiro atoms. The summed E-state index contributed by atoms with van der Waals surface area (Å²) >= 11 is 5.84. The molecule has 6 nitrogen and oxygen atoms in total. The largest absolute Gasteiger partial charge is 0.573 e. The molecule has 0 bridgehead atoms. The average molecular weight is 465 g/mol. The quantitative estimate of drug-likeness (QED) is 0.510. The van der Waals surface area contributed by atoms with Gasteiger partial charge in [-0.05, 0) is 43.0 Å². The van der Waals surface area contributed by atoms with Crippen LogP contribution in [0.5, 0.6) is 5.75 Å². The first-order valence-corrected chi connectivity index (χ1v) is 10.4. The monoisotopic (exact) mass is 464 g/mol. The lowest BCUT2D eigenvalue weighted by Crippen LogP contribution is -2.34. The molecule has 2 amide bonds. The molecule has 0 radical (unpaired) electrons. The summed E-state index contributed by atoms with van der Waals surface area (Å²) in [7, 11) is 0. The first kappa shape index (κ1) is 22.0. The van der Waals surface area contributed by atoms with Crippen LogP contribution in [-0.4, -0.2) is 22.2 Å². The number of fused-ring (bicyclic) bond motifs is 1. The van der Waals surface area contributed by atoms with Gasteiger partial charge in [0.25, 0.3) is 0 Å². The maximum Gasteiger partial charge on any atom is 0.573 e. The Bertz CT molecular complexity index is 1100. The fourth-order valence-electron chi connectivity index (χ4n) is 3.77. The topological polar surface area (TPSA) is 68.2 Å². The van der Waals surface area contributed by atoms with E-state index in [1.54, 1.807) is 6.20 Å². The summed E-state index contributed by atoms with van der Waals surface area (Å²) in [4.78, 5) is 12.5. The van der Waals surface area contributed by atoms with E-state index in [9.17, 15) is 18.0 Å². The van der Waals surface area contributed by atoms with Gasteiger partial charge in [0.1, 0.15) is 5.75 Å². The maximum absolute atomic E-state index is 12.5. The highest BCUT2D eigenvalue weighted by Gasteiger charge is 2.32. The molecule has 1 aliphatic carbocycles. The zero-order valence-electron chi connectivity index (χ0n) is 16.8. The van der Waals surface area contributed by atoms with Crippen LogP contribution in [0.4, 0.5) is 23.7 Å². The van der Waals surface area contributed by atoms with Gasteiger partial charge in [0.15, 0.2) is 0 Å². The third-order valence-corrected chi connectivity index (χ3v) is 5.45. The van der Waals surface area contributed by atoms with Crippen molar-refractivity contribution < 1.29 is 22.7 Å². The van der Waals surface area contributed by atoms with Crippen molar-refractivity contribution >= 4 is 23.3 Å². The number of anilines is 1. The summed E-state index contributed by atoms with van der Waals surface area (Å²) in [5.74, 6) is -0.534. The predicted octanol–water partition coefficient (Wildman–Crippen LogP) is 5.68. The molecule has 1 unspecified atom stereocenters. The number of nitrogens with zero attached hydrogens (tertiary/aromatic N) is 2. The van der Waals surface area contributed by atoms with Crippen LogP contribution in [0.25, 0.3) is 0 Å². The second-order valence-corrected chi connectivity index (χ2v) is 7.83. The van der Waals surface area contributed by atoms with Crippen molar-refractivity contribution in [3.05, 3.63) is 76.6 Å². The SMILES string of the molecule is O=C(Nc1ccc(OC(F)(F)F)c(Cl)c1)NC1CCCc2c1cnn2Cc1ccccc1. The number of urea groups is 1. The number of benzene rings is 2. The van der Waals surface area contributed by atoms with Crippen molar-refractivity contribution in [3.8, 4) is 5.75 Å². The summed E-state index contributed by atoms with van der Waals surface area (Å²) in [6.45, 7) is 0.653. The van der Waals surface area contributed by atoms with E-state index in [1.165, 1.54) is 12.1 Å². The Morgan fingerprint density at radius 1 is 1.22 bits per heavy atom. The van der Waals surface area contributed by atoms with Gasteiger partial charge in [0.05, 0.1) is 23.8 Å². The summed E-state index contributed by atoms with van der Waals surface area (Å²) in [6, 6.07) is 12.8. The number of nitrogens with one attached hydrogen (secondary N) is 2. The van der Waals surface area contributed by atoms with E-state index < -0.39 is 18.1 Å². The van der Waals surface area contributed by atoms with Gasteiger partial charge >= 0.3 is 12.4 Å². The molecular weight excluding hydrogens is 445 g/mol. The van der Waals surface area contributed by atoms with Gasteiger partial charge in [-0.15, -0.1) is 13.2 Å². The molecule has 0 fully saturated rings. The van der Waals surface area contributed by atoms with Crippen molar-refractivity contribution in [3.63, 3.8) is 0 Å². The zero-order chi connectivity index (χ0) is 22.7. The van der Waals surface area contributed by atoms with Crippen LogP contribution < -0.4 is 15.4 Å². The molecule has 1 aromatic heterocycles. The van der Waals surface area contributed by atoms with E-state index in [0.717, 1.165) is 42.1 Å². The van der Waals surface area contributed by atoms with E-state index in [-0.39, 0.29) is 16.8 Å². The van der Waals surface area contributed by atoms with Crippen LogP contribution in [-0.2, 0) is 13.0 Å². The molecule has 1 aliphatic rings. The molecule has 168 valence electrons. The van der Waals surface area contributed by atoms with Gasteiger partial charge in [-0.25, -0.2) is 4.79 Å². The highest BCUT2D eigenvalue weighted by Crippen LogP contribution is 2.33. The van der Waals surface area contributed by atoms with Crippen molar-refractivity contribution in [1.82, 2.24) is 15.1 Å². The number of carbonyl (C=O) groups is 1. The van der Waals surface area contributed by atoms with Gasteiger partial charge < -0.3 is 15.4 Å². The predicted molar refractivity (Wildman–Crippen MR) is 114 cm³/mol. The second kappa shape index (κ2) is 9.12. The Morgan fingerprint density at radius 2 is 2.00 bits per heavy atom. The molecule has 2 N–H and O–H groups in total. The first-order valence-electron chi connectivity index (χ1n) is 10.00. The van der Waals surface area contributed by atoms with Crippen LogP contribution in [0.15, 0.2) is 54.7 Å². The van der Waals surface area contributed by atoms with Crippen LogP contribution in [0, 0.1) is 0 Å². The summed E-state index contributed by atoms with van der Waals surface area (Å²) in [5, 5.41) is 9.76. The number of alkyl halides is 3. The summed E-state index contributed by atoms with van der Waals surface area (Å²) in [6.07, 6.45) is -0.537. The fraction of sp³-hybridized carbons (Fsp3) is 0.273. The van der Waals surface area contributed by atoms with Crippen LogP contribution in [0.1, 0.15) is 35.7 Å². The van der Waals surface area contributed by atoms with E-state index in [4.69, 9.17) is 11.6 Å². The highest BCUT2D eigenvalue weighted by atomic mass is 35.5. The Morgan fingerprint density at radius 3 is 2.72 bits per heavy atom. The Hall–Kier alpha value is -3.20. The van der Waals surface area contributed by atoms with Gasteiger partial charge in [-0.1, -0.05) is 41.9 Å². The number of carbonyl (C=O) groups excluding carboxylic acids is 1. The van der Waals surface area contributed by atoms with Crippen molar-refractivity contribution in [1.29, 1.82) is 0 Å². The molecule has 0 aliphatic heterocycles. The van der Waals surface area contributed by atoms with Gasteiger partial charge in [0.2, 0.25) is 0 Å². The number of halogens is 4. The minimum atomic E-state index is -4.85. The molecule has 2 aromatic carbocycles. The number of hydrogen-bond acceptors (Lipinski definition) is 3. The van der Waals surface area contributed by atoms with Crippen LogP contribution in [0.2, 0.25) is 5.02 Å². The second-order valence-electron chi connectivity index (χ2n) is 7.43. The molecule has 3 aromatic rings. The maximum atomic E-state index is 12.5. The summed E-state index contributed by atoms with van der Waals surface area (Å²) in [5.41, 5.74) is 3.44. The smallest absolute Gasteiger partial charge is 0.404 e. The van der Waals surface area contributed by atoms with Crippen LogP contribution >= 0.6 is 11.6 Å². The normalized spacial score (nSPS) is 15.7. The molecule has 0 saturated carbocycles. The minimum Gasteiger partial charge on any atom is -0.404 e. The van der Waals surface area contributed by atoms with E-state index in [0.29, 0.717) is 6.54 Å². The van der Waals surface area contributed by atoms with Crippen molar-refractivity contribution in [2.45, 2.75) is 38.2 Å². The highest BCUT2D eigenvalue weighted by molar-refractivity contribution is 6.32. The van der Waals surface area contributed by atoms with Gasteiger partial charge in [-0.2, -0.15) is 5.10 Å². The number of hydrogen-bond donors (Lipinski definition) is 2. The van der Waals surface area contributed by atoms with E-state index in [1.807, 2.05) is 35.0 Å². The molecule has 10 heteroatoms. The number of ether oxygens (including phenoxy) is 1. The zero-order valence-corrected chi connectivity index (χ0v) is 17.6. The molecule has 4 rings (SSSR count).